The van der Waals surface area contributed by atoms with Crippen LogP contribution in [0.2, 0.25) is 0 Å². The molecule has 1 heterocycles. The van der Waals surface area contributed by atoms with Gasteiger partial charge in [0.25, 0.3) is 5.91 Å². The normalized spacial score (nSPS) is 18.1. The number of nitrogens with zero attached hydrogens (tertiary/aromatic N) is 2. The summed E-state index contributed by atoms with van der Waals surface area (Å²) in [6, 6.07) is 1.78. The maximum atomic E-state index is 12.4. The molecule has 0 spiro atoms. The van der Waals surface area contributed by atoms with Gasteiger partial charge in [0.05, 0.1) is 22.5 Å². The second-order valence-corrected chi connectivity index (χ2v) is 5.68. The lowest BCUT2D eigenvalue weighted by atomic mass is 9.83. The lowest BCUT2D eigenvalue weighted by molar-refractivity contribution is 0.0883. The first-order valence-electron chi connectivity index (χ1n) is 6.76. The quantitative estimate of drug-likeness (QED) is 0.867. The van der Waals surface area contributed by atoms with Gasteiger partial charge in [-0.25, -0.2) is 0 Å². The van der Waals surface area contributed by atoms with Crippen molar-refractivity contribution >= 4 is 17.5 Å². The van der Waals surface area contributed by atoms with Crippen molar-refractivity contribution in [3.8, 4) is 0 Å². The van der Waals surface area contributed by atoms with Crippen LogP contribution in [0.5, 0.6) is 0 Å². The number of carbonyl (C=O) groups is 1. The largest absolute Gasteiger partial charge is 0.345 e. The molecule has 104 valence electrons. The minimum absolute atomic E-state index is 0.0851. The second kappa shape index (κ2) is 5.87. The van der Waals surface area contributed by atoms with Gasteiger partial charge < -0.3 is 5.32 Å². The van der Waals surface area contributed by atoms with Gasteiger partial charge in [-0.1, -0.05) is 19.3 Å². The van der Waals surface area contributed by atoms with Crippen LogP contribution in [0.25, 0.3) is 0 Å². The molecule has 1 N–H and O–H groups in total. The smallest absolute Gasteiger partial charge is 0.253 e. The van der Waals surface area contributed by atoms with E-state index in [4.69, 9.17) is 11.6 Å². The molecule has 5 heteroatoms. The van der Waals surface area contributed by atoms with Crippen molar-refractivity contribution in [3.63, 3.8) is 0 Å². The molecule has 1 aromatic heterocycles. The fourth-order valence-corrected chi connectivity index (χ4v) is 2.94. The zero-order chi connectivity index (χ0) is 13.9. The molecule has 2 rings (SSSR count). The predicted molar refractivity (Wildman–Crippen MR) is 75.5 cm³/mol. The minimum Gasteiger partial charge on any atom is -0.345 e. The van der Waals surface area contributed by atoms with Gasteiger partial charge in [-0.2, -0.15) is 10.2 Å². The molecule has 1 aliphatic carbocycles. The number of hydrogen-bond donors (Lipinski definition) is 1. The Morgan fingerprint density at radius 2 is 2.00 bits per heavy atom. The van der Waals surface area contributed by atoms with Crippen LogP contribution >= 0.6 is 11.6 Å². The summed E-state index contributed by atoms with van der Waals surface area (Å²) in [4.78, 5) is 12.4. The molecule has 0 unspecified atom stereocenters. The summed E-state index contributed by atoms with van der Waals surface area (Å²) < 4.78 is 0. The van der Waals surface area contributed by atoms with Gasteiger partial charge in [0.1, 0.15) is 0 Å². The van der Waals surface area contributed by atoms with Crippen molar-refractivity contribution in [3.05, 3.63) is 23.0 Å². The first-order valence-corrected chi connectivity index (χ1v) is 7.29. The Balaban J connectivity index is 2.17. The number of halogens is 1. The highest BCUT2D eigenvalue weighted by Crippen LogP contribution is 2.29. The highest BCUT2D eigenvalue weighted by atomic mass is 35.5. The number of aryl methyl sites for hydroxylation is 2. The third-order valence-corrected chi connectivity index (χ3v) is 4.30. The van der Waals surface area contributed by atoms with Gasteiger partial charge in [0.15, 0.2) is 0 Å². The van der Waals surface area contributed by atoms with Gasteiger partial charge >= 0.3 is 0 Å². The molecule has 19 heavy (non-hydrogen) atoms. The van der Waals surface area contributed by atoms with Crippen molar-refractivity contribution in [2.45, 2.75) is 51.5 Å². The lowest BCUT2D eigenvalue weighted by Gasteiger charge is -2.36. The van der Waals surface area contributed by atoms with Gasteiger partial charge in [-0.15, -0.1) is 11.6 Å². The molecule has 0 radical (unpaired) electrons. The maximum absolute atomic E-state index is 12.4. The van der Waals surface area contributed by atoms with Crippen LogP contribution in [0.15, 0.2) is 6.07 Å². The molecule has 0 saturated heterocycles. The highest BCUT2D eigenvalue weighted by Gasteiger charge is 2.33. The maximum Gasteiger partial charge on any atom is 0.253 e. The van der Waals surface area contributed by atoms with Crippen molar-refractivity contribution < 1.29 is 4.79 Å². The van der Waals surface area contributed by atoms with Crippen LogP contribution in [-0.4, -0.2) is 27.5 Å². The summed E-state index contributed by atoms with van der Waals surface area (Å²) in [5.74, 6) is 0.382. The number of rotatable bonds is 3. The molecule has 1 aliphatic rings. The topological polar surface area (TPSA) is 54.9 Å². The van der Waals surface area contributed by atoms with E-state index in [1.165, 1.54) is 6.42 Å². The standard InChI is InChI=1S/C14H20ClN3O/c1-10-8-12(11(2)18-17-10)13(19)16-14(9-15)6-4-3-5-7-14/h8H,3-7,9H2,1-2H3,(H,16,19). The van der Waals surface area contributed by atoms with Gasteiger partial charge in [0.2, 0.25) is 0 Å². The Morgan fingerprint density at radius 1 is 1.32 bits per heavy atom. The predicted octanol–water partition coefficient (Wildman–Crippen LogP) is 2.76. The van der Waals surface area contributed by atoms with E-state index in [9.17, 15) is 4.79 Å². The fraction of sp³-hybridized carbons (Fsp3) is 0.643. The Bertz CT molecular complexity index is 470. The molecule has 0 atom stereocenters. The molecule has 0 bridgehead atoms. The van der Waals surface area contributed by atoms with Crippen LogP contribution in [-0.2, 0) is 0 Å². The summed E-state index contributed by atoms with van der Waals surface area (Å²) in [5, 5.41) is 11.1. The Morgan fingerprint density at radius 3 is 2.63 bits per heavy atom. The van der Waals surface area contributed by atoms with Crippen LogP contribution in [0.1, 0.15) is 53.8 Å². The first kappa shape index (κ1) is 14.3. The average Bonchev–Trinajstić information content (AvgIpc) is 2.42. The summed E-state index contributed by atoms with van der Waals surface area (Å²) in [6.07, 6.45) is 5.39. The number of nitrogens with one attached hydrogen (secondary N) is 1. The molecule has 1 fully saturated rings. The number of carbonyl (C=O) groups excluding carboxylic acids is 1. The Labute approximate surface area is 118 Å². The number of hydrogen-bond acceptors (Lipinski definition) is 3. The van der Waals surface area contributed by atoms with Crippen LogP contribution in [0.4, 0.5) is 0 Å². The molecule has 1 saturated carbocycles. The number of amides is 1. The minimum atomic E-state index is -0.250. The van der Waals surface area contributed by atoms with Crippen LogP contribution < -0.4 is 5.32 Å². The molecule has 4 nitrogen and oxygen atoms in total. The van der Waals surface area contributed by atoms with Gasteiger partial charge in [-0.05, 0) is 32.8 Å². The van der Waals surface area contributed by atoms with E-state index < -0.39 is 0 Å². The van der Waals surface area contributed by atoms with E-state index in [-0.39, 0.29) is 11.4 Å². The van der Waals surface area contributed by atoms with E-state index in [0.717, 1.165) is 31.4 Å². The first-order chi connectivity index (χ1) is 9.06. The van der Waals surface area contributed by atoms with Crippen molar-refractivity contribution in [1.82, 2.24) is 15.5 Å². The van der Waals surface area contributed by atoms with E-state index >= 15 is 0 Å². The van der Waals surface area contributed by atoms with E-state index in [1.807, 2.05) is 6.92 Å². The Kier molecular flexibility index (Phi) is 4.40. The molecular weight excluding hydrogens is 262 g/mol. The van der Waals surface area contributed by atoms with Crippen molar-refractivity contribution in [2.24, 2.45) is 0 Å². The van der Waals surface area contributed by atoms with Crippen molar-refractivity contribution in [2.75, 3.05) is 5.88 Å². The van der Waals surface area contributed by atoms with E-state index in [0.29, 0.717) is 17.1 Å². The summed E-state index contributed by atoms with van der Waals surface area (Å²) in [6.45, 7) is 3.64. The molecular formula is C14H20ClN3O. The Hall–Kier alpha value is -1.16. The molecule has 1 amide bonds. The third kappa shape index (κ3) is 3.24. The second-order valence-electron chi connectivity index (χ2n) is 5.41. The van der Waals surface area contributed by atoms with Crippen molar-refractivity contribution in [1.29, 1.82) is 0 Å². The fourth-order valence-electron chi connectivity index (χ4n) is 2.61. The zero-order valence-corrected chi connectivity index (χ0v) is 12.3. The lowest BCUT2D eigenvalue weighted by Crippen LogP contribution is -2.51. The number of aromatic nitrogens is 2. The SMILES string of the molecule is Cc1cc(C(=O)NC2(CCl)CCCCC2)c(C)nn1. The summed E-state index contributed by atoms with van der Waals surface area (Å²) in [5.41, 5.74) is 1.76. The van der Waals surface area contributed by atoms with Crippen LogP contribution in [0, 0.1) is 13.8 Å². The summed E-state index contributed by atoms with van der Waals surface area (Å²) in [7, 11) is 0. The summed E-state index contributed by atoms with van der Waals surface area (Å²) >= 11 is 6.10. The van der Waals surface area contributed by atoms with Crippen LogP contribution in [0.3, 0.4) is 0 Å². The number of alkyl halides is 1. The van der Waals surface area contributed by atoms with Gasteiger partial charge in [0, 0.05) is 5.88 Å². The van der Waals surface area contributed by atoms with E-state index in [2.05, 4.69) is 15.5 Å². The third-order valence-electron chi connectivity index (χ3n) is 3.79. The molecule has 1 aromatic rings. The molecule has 0 aromatic carbocycles. The monoisotopic (exact) mass is 281 g/mol. The molecule has 0 aliphatic heterocycles. The zero-order valence-electron chi connectivity index (χ0n) is 11.5. The van der Waals surface area contributed by atoms with E-state index in [1.54, 1.807) is 13.0 Å². The van der Waals surface area contributed by atoms with Gasteiger partial charge in [-0.3, -0.25) is 4.79 Å². The average molecular weight is 282 g/mol. The highest BCUT2D eigenvalue weighted by molar-refractivity contribution is 6.19.